The van der Waals surface area contributed by atoms with Crippen LogP contribution in [0.15, 0.2) is 54.6 Å². The van der Waals surface area contributed by atoms with Gasteiger partial charge in [-0.3, -0.25) is 15.4 Å². The number of nitrogens with one attached hydrogen (secondary N) is 3. The van der Waals surface area contributed by atoms with E-state index in [4.69, 9.17) is 0 Å². The molecule has 138 valence electrons. The fourth-order valence-electron chi connectivity index (χ4n) is 2.62. The van der Waals surface area contributed by atoms with Crippen LogP contribution in [0.2, 0.25) is 0 Å². The van der Waals surface area contributed by atoms with E-state index >= 15 is 0 Å². The van der Waals surface area contributed by atoms with Gasteiger partial charge in [0, 0.05) is 6.54 Å². The molecule has 0 heterocycles. The van der Waals surface area contributed by atoms with Crippen molar-refractivity contribution in [1.82, 2.24) is 16.0 Å². The summed E-state index contributed by atoms with van der Waals surface area (Å²) in [7, 11) is 0. The fraction of sp³-hybridized carbons (Fsp3) is 0.333. The van der Waals surface area contributed by atoms with Crippen LogP contribution < -0.4 is 16.0 Å². The van der Waals surface area contributed by atoms with Crippen molar-refractivity contribution in [1.29, 1.82) is 0 Å². The minimum absolute atomic E-state index is 0.0502. The highest BCUT2D eigenvalue weighted by Gasteiger charge is 2.15. The van der Waals surface area contributed by atoms with E-state index in [0.717, 1.165) is 24.0 Å². The Balaban J connectivity index is 1.98. The Morgan fingerprint density at radius 2 is 1.62 bits per heavy atom. The molecule has 0 aliphatic heterocycles. The van der Waals surface area contributed by atoms with Crippen LogP contribution in [-0.4, -0.2) is 25.0 Å². The molecule has 3 N–H and O–H groups in total. The van der Waals surface area contributed by atoms with Gasteiger partial charge in [-0.1, -0.05) is 73.5 Å². The van der Waals surface area contributed by atoms with Crippen molar-refractivity contribution < 1.29 is 9.59 Å². The number of carbonyl (C=O) groups excluding carboxylic acids is 2. The molecule has 0 aromatic heterocycles. The number of urea groups is 1. The van der Waals surface area contributed by atoms with Gasteiger partial charge in [0.05, 0.1) is 12.6 Å². The summed E-state index contributed by atoms with van der Waals surface area (Å²) in [5, 5.41) is 8.28. The van der Waals surface area contributed by atoms with E-state index in [0.29, 0.717) is 6.54 Å². The molecule has 26 heavy (non-hydrogen) atoms. The van der Waals surface area contributed by atoms with Crippen molar-refractivity contribution in [3.8, 4) is 0 Å². The van der Waals surface area contributed by atoms with Gasteiger partial charge in [-0.2, -0.15) is 0 Å². The summed E-state index contributed by atoms with van der Waals surface area (Å²) in [5.41, 5.74) is 3.32. The van der Waals surface area contributed by atoms with E-state index in [-0.39, 0.29) is 18.5 Å². The summed E-state index contributed by atoms with van der Waals surface area (Å²) in [6.07, 6.45) is 1.88. The Bertz CT molecular complexity index is 699. The van der Waals surface area contributed by atoms with E-state index in [2.05, 4.69) is 28.1 Å². The lowest BCUT2D eigenvalue weighted by Gasteiger charge is -2.20. The molecule has 2 aromatic rings. The lowest BCUT2D eigenvalue weighted by Crippen LogP contribution is -2.44. The molecule has 2 rings (SSSR count). The molecule has 5 heteroatoms. The molecule has 0 spiro atoms. The van der Waals surface area contributed by atoms with Crippen molar-refractivity contribution >= 4 is 11.9 Å². The molecule has 0 unspecified atom stereocenters. The Morgan fingerprint density at radius 1 is 0.962 bits per heavy atom. The first-order chi connectivity index (χ1) is 12.6. The minimum atomic E-state index is -0.447. The predicted octanol–water partition coefficient (Wildman–Crippen LogP) is 3.30. The van der Waals surface area contributed by atoms with Crippen molar-refractivity contribution in [2.24, 2.45) is 0 Å². The quantitative estimate of drug-likeness (QED) is 0.638. The van der Waals surface area contributed by atoms with Crippen molar-refractivity contribution in [2.45, 2.75) is 32.7 Å². The minimum Gasteiger partial charge on any atom is -0.338 e. The molecule has 0 bridgehead atoms. The molecule has 0 saturated heterocycles. The highest BCUT2D eigenvalue weighted by molar-refractivity contribution is 5.95. The molecular formula is C21H27N3O2. The molecule has 2 aromatic carbocycles. The van der Waals surface area contributed by atoms with E-state index in [9.17, 15) is 9.59 Å². The maximum atomic E-state index is 12.1. The molecular weight excluding hydrogens is 326 g/mol. The van der Waals surface area contributed by atoms with Gasteiger partial charge in [-0.15, -0.1) is 0 Å². The number of hydrogen-bond acceptors (Lipinski definition) is 3. The summed E-state index contributed by atoms with van der Waals surface area (Å²) >= 11 is 0. The van der Waals surface area contributed by atoms with E-state index < -0.39 is 6.03 Å². The molecule has 0 fully saturated rings. The topological polar surface area (TPSA) is 70.2 Å². The van der Waals surface area contributed by atoms with Crippen LogP contribution in [0.25, 0.3) is 0 Å². The zero-order chi connectivity index (χ0) is 18.8. The summed E-state index contributed by atoms with van der Waals surface area (Å²) in [6, 6.07) is 17.6. The van der Waals surface area contributed by atoms with E-state index in [1.54, 1.807) is 0 Å². The van der Waals surface area contributed by atoms with Crippen LogP contribution in [0.4, 0.5) is 4.79 Å². The standard InChI is InChI=1S/C21H27N3O2/c1-3-4-14-22-21(26)24-19(25)15-23-20(17-8-6-5-7-9-17)18-12-10-16(2)11-13-18/h5-13,20,23H,3-4,14-15H2,1-2H3,(H2,22,24,25,26)/t20-/m0/s1. The lowest BCUT2D eigenvalue weighted by molar-refractivity contribution is -0.119. The first-order valence-electron chi connectivity index (χ1n) is 9.02. The largest absolute Gasteiger partial charge is 0.338 e. The number of benzene rings is 2. The Kier molecular flexibility index (Phi) is 7.83. The SMILES string of the molecule is CCCCNC(=O)NC(=O)CN[C@@H](c1ccccc1)c1ccc(C)cc1. The lowest BCUT2D eigenvalue weighted by atomic mass is 9.98. The fourth-order valence-corrected chi connectivity index (χ4v) is 2.62. The molecule has 0 aliphatic carbocycles. The Hall–Kier alpha value is -2.66. The average Bonchev–Trinajstić information content (AvgIpc) is 2.64. The molecule has 5 nitrogen and oxygen atoms in total. The molecule has 0 aliphatic rings. The Morgan fingerprint density at radius 3 is 2.27 bits per heavy atom. The average molecular weight is 353 g/mol. The smallest absolute Gasteiger partial charge is 0.321 e. The number of hydrogen-bond donors (Lipinski definition) is 3. The van der Waals surface area contributed by atoms with Gasteiger partial charge >= 0.3 is 6.03 Å². The maximum Gasteiger partial charge on any atom is 0.321 e. The summed E-state index contributed by atoms with van der Waals surface area (Å²) in [4.78, 5) is 23.8. The van der Waals surface area contributed by atoms with Crippen molar-refractivity contribution in [2.75, 3.05) is 13.1 Å². The highest BCUT2D eigenvalue weighted by Crippen LogP contribution is 2.22. The van der Waals surface area contributed by atoms with Gasteiger partial charge in [0.25, 0.3) is 0 Å². The number of unbranched alkanes of at least 4 members (excludes halogenated alkanes) is 1. The Labute approximate surface area is 155 Å². The maximum absolute atomic E-state index is 12.1. The van der Waals surface area contributed by atoms with E-state index in [1.807, 2.05) is 56.3 Å². The van der Waals surface area contributed by atoms with Gasteiger partial charge in [0.1, 0.15) is 0 Å². The second-order valence-corrected chi connectivity index (χ2v) is 6.29. The number of aryl methyl sites for hydroxylation is 1. The van der Waals surface area contributed by atoms with Gasteiger partial charge in [-0.05, 0) is 24.5 Å². The zero-order valence-electron chi connectivity index (χ0n) is 15.4. The van der Waals surface area contributed by atoms with Crippen LogP contribution in [0.3, 0.4) is 0 Å². The number of carbonyl (C=O) groups is 2. The second-order valence-electron chi connectivity index (χ2n) is 6.29. The monoisotopic (exact) mass is 353 g/mol. The number of rotatable bonds is 8. The van der Waals surface area contributed by atoms with Gasteiger partial charge in [0.2, 0.25) is 5.91 Å². The molecule has 0 saturated carbocycles. The first-order valence-corrected chi connectivity index (χ1v) is 9.02. The summed E-state index contributed by atoms with van der Waals surface area (Å²) < 4.78 is 0. The molecule has 0 radical (unpaired) electrons. The first kappa shape index (κ1) is 19.7. The van der Waals surface area contributed by atoms with Crippen LogP contribution in [0, 0.1) is 6.92 Å². The second kappa shape index (κ2) is 10.4. The normalized spacial score (nSPS) is 11.6. The van der Waals surface area contributed by atoms with Crippen molar-refractivity contribution in [3.63, 3.8) is 0 Å². The van der Waals surface area contributed by atoms with Gasteiger partial charge < -0.3 is 5.32 Å². The predicted molar refractivity (Wildman–Crippen MR) is 104 cm³/mol. The number of amides is 3. The molecule has 1 atom stereocenters. The third kappa shape index (κ3) is 6.33. The van der Waals surface area contributed by atoms with Crippen LogP contribution in [-0.2, 0) is 4.79 Å². The summed E-state index contributed by atoms with van der Waals surface area (Å²) in [5.74, 6) is -0.355. The van der Waals surface area contributed by atoms with Crippen LogP contribution >= 0.6 is 0 Å². The molecule has 3 amide bonds. The van der Waals surface area contributed by atoms with Crippen LogP contribution in [0.5, 0.6) is 0 Å². The third-order valence-electron chi connectivity index (χ3n) is 4.08. The van der Waals surface area contributed by atoms with Gasteiger partial charge in [0.15, 0.2) is 0 Å². The van der Waals surface area contributed by atoms with Gasteiger partial charge in [-0.25, -0.2) is 4.79 Å². The third-order valence-corrected chi connectivity index (χ3v) is 4.08. The number of imide groups is 1. The van der Waals surface area contributed by atoms with Crippen molar-refractivity contribution in [3.05, 3.63) is 71.3 Å². The van der Waals surface area contributed by atoms with Crippen LogP contribution in [0.1, 0.15) is 42.5 Å². The summed E-state index contributed by atoms with van der Waals surface area (Å²) in [6.45, 7) is 4.70. The van der Waals surface area contributed by atoms with E-state index in [1.165, 1.54) is 5.56 Å². The highest BCUT2D eigenvalue weighted by atomic mass is 16.2. The zero-order valence-corrected chi connectivity index (χ0v) is 15.4.